The number of anilines is 1. The summed E-state index contributed by atoms with van der Waals surface area (Å²) in [6.07, 6.45) is 3.98. The van der Waals surface area contributed by atoms with Gasteiger partial charge in [-0.05, 0) is 48.1 Å². The van der Waals surface area contributed by atoms with Gasteiger partial charge in [0.05, 0.1) is 5.52 Å². The minimum absolute atomic E-state index is 0.932. The molecule has 0 bridgehead atoms. The van der Waals surface area contributed by atoms with Crippen molar-refractivity contribution in [2.75, 3.05) is 11.4 Å². The third-order valence-electron chi connectivity index (χ3n) is 6.17. The SMILES string of the molecule is Cc1c(Cc2ccccc2)c2c(N3CCc4ccccc4C3)nccc2n1C. The van der Waals surface area contributed by atoms with Gasteiger partial charge in [0.15, 0.2) is 0 Å². The molecule has 0 N–H and O–H groups in total. The van der Waals surface area contributed by atoms with Crippen LogP contribution in [-0.2, 0) is 26.4 Å². The molecular formula is C25H25N3. The van der Waals surface area contributed by atoms with E-state index in [0.717, 1.165) is 31.7 Å². The fourth-order valence-corrected chi connectivity index (χ4v) is 4.51. The number of nitrogens with zero attached hydrogens (tertiary/aromatic N) is 3. The predicted octanol–water partition coefficient (Wildman–Crippen LogP) is 5.04. The Morgan fingerprint density at radius 3 is 2.50 bits per heavy atom. The molecule has 1 aliphatic rings. The molecule has 0 unspecified atom stereocenters. The molecule has 140 valence electrons. The minimum atomic E-state index is 0.932. The van der Waals surface area contributed by atoms with E-state index in [4.69, 9.17) is 4.98 Å². The average Bonchev–Trinajstić information content (AvgIpc) is 2.99. The first-order valence-corrected chi connectivity index (χ1v) is 10.0. The second-order valence-corrected chi connectivity index (χ2v) is 7.75. The highest BCUT2D eigenvalue weighted by Gasteiger charge is 2.23. The molecule has 1 aliphatic heterocycles. The molecule has 5 rings (SSSR count). The smallest absolute Gasteiger partial charge is 0.138 e. The molecule has 3 heteroatoms. The van der Waals surface area contributed by atoms with Crippen molar-refractivity contribution in [1.82, 2.24) is 9.55 Å². The van der Waals surface area contributed by atoms with E-state index in [9.17, 15) is 0 Å². The maximum absolute atomic E-state index is 4.87. The Morgan fingerprint density at radius 2 is 1.68 bits per heavy atom. The number of rotatable bonds is 3. The largest absolute Gasteiger partial charge is 0.351 e. The van der Waals surface area contributed by atoms with Crippen LogP contribution in [0.25, 0.3) is 10.9 Å². The van der Waals surface area contributed by atoms with E-state index >= 15 is 0 Å². The average molecular weight is 367 g/mol. The molecule has 0 atom stereocenters. The molecule has 0 fully saturated rings. The lowest BCUT2D eigenvalue weighted by Crippen LogP contribution is -2.31. The van der Waals surface area contributed by atoms with Crippen LogP contribution in [0.15, 0.2) is 66.9 Å². The summed E-state index contributed by atoms with van der Waals surface area (Å²) in [7, 11) is 2.17. The van der Waals surface area contributed by atoms with Crippen LogP contribution in [0.5, 0.6) is 0 Å². The summed E-state index contributed by atoms with van der Waals surface area (Å²) in [5.41, 5.74) is 8.23. The number of benzene rings is 2. The summed E-state index contributed by atoms with van der Waals surface area (Å²) >= 11 is 0. The van der Waals surface area contributed by atoms with E-state index in [2.05, 4.69) is 84.1 Å². The van der Waals surface area contributed by atoms with Crippen molar-refractivity contribution >= 4 is 16.7 Å². The molecule has 0 saturated carbocycles. The topological polar surface area (TPSA) is 21.1 Å². The minimum Gasteiger partial charge on any atom is -0.351 e. The van der Waals surface area contributed by atoms with Crippen LogP contribution < -0.4 is 4.90 Å². The monoisotopic (exact) mass is 367 g/mol. The lowest BCUT2D eigenvalue weighted by Gasteiger charge is -2.30. The highest BCUT2D eigenvalue weighted by Crippen LogP contribution is 2.35. The summed E-state index contributed by atoms with van der Waals surface area (Å²) in [5, 5.41) is 1.31. The normalized spacial score (nSPS) is 13.7. The third kappa shape index (κ3) is 2.78. The van der Waals surface area contributed by atoms with Crippen molar-refractivity contribution in [1.29, 1.82) is 0 Å². The Labute approximate surface area is 166 Å². The van der Waals surface area contributed by atoms with Gasteiger partial charge in [0, 0.05) is 37.4 Å². The fraction of sp³-hybridized carbons (Fsp3) is 0.240. The summed E-state index contributed by atoms with van der Waals surface area (Å²) in [6, 6.07) is 21.7. The molecule has 4 aromatic rings. The quantitative estimate of drug-likeness (QED) is 0.506. The number of hydrogen-bond donors (Lipinski definition) is 0. The Kier molecular flexibility index (Phi) is 4.16. The predicted molar refractivity (Wildman–Crippen MR) is 116 cm³/mol. The summed E-state index contributed by atoms with van der Waals surface area (Å²) in [5.74, 6) is 1.13. The van der Waals surface area contributed by atoms with Gasteiger partial charge in [-0.1, -0.05) is 54.6 Å². The molecule has 3 heterocycles. The van der Waals surface area contributed by atoms with Crippen molar-refractivity contribution in [2.24, 2.45) is 7.05 Å². The molecule has 0 amide bonds. The van der Waals surface area contributed by atoms with Crippen molar-refractivity contribution in [3.05, 3.63) is 94.8 Å². The molecular weight excluding hydrogens is 342 g/mol. The van der Waals surface area contributed by atoms with Crippen LogP contribution in [0.1, 0.15) is 27.9 Å². The Bertz CT molecular complexity index is 1140. The van der Waals surface area contributed by atoms with E-state index < -0.39 is 0 Å². The van der Waals surface area contributed by atoms with Gasteiger partial charge >= 0.3 is 0 Å². The van der Waals surface area contributed by atoms with Gasteiger partial charge < -0.3 is 9.47 Å². The molecule has 3 nitrogen and oxygen atoms in total. The molecule has 2 aromatic carbocycles. The van der Waals surface area contributed by atoms with Gasteiger partial charge in [0.1, 0.15) is 5.82 Å². The number of aryl methyl sites for hydroxylation is 1. The standard InChI is InChI=1S/C25H25N3/c1-18-22(16-19-8-4-3-5-9-19)24-23(27(18)2)12-14-26-25(24)28-15-13-20-10-6-7-11-21(20)17-28/h3-12,14H,13,15-17H2,1-2H3. The second kappa shape index (κ2) is 6.83. The van der Waals surface area contributed by atoms with Gasteiger partial charge in [-0.3, -0.25) is 0 Å². The van der Waals surface area contributed by atoms with Gasteiger partial charge in [0.25, 0.3) is 0 Å². The first kappa shape index (κ1) is 17.1. The fourth-order valence-electron chi connectivity index (χ4n) is 4.51. The van der Waals surface area contributed by atoms with E-state index in [-0.39, 0.29) is 0 Å². The molecule has 0 saturated heterocycles. The van der Waals surface area contributed by atoms with E-state index in [0.29, 0.717) is 0 Å². The van der Waals surface area contributed by atoms with Crippen LogP contribution in [0, 0.1) is 6.92 Å². The van der Waals surface area contributed by atoms with Gasteiger partial charge in [0.2, 0.25) is 0 Å². The van der Waals surface area contributed by atoms with Gasteiger partial charge in [-0.15, -0.1) is 0 Å². The Balaban J connectivity index is 1.63. The van der Waals surface area contributed by atoms with Crippen LogP contribution in [-0.4, -0.2) is 16.1 Å². The first-order chi connectivity index (χ1) is 13.7. The van der Waals surface area contributed by atoms with Crippen LogP contribution in [0.4, 0.5) is 5.82 Å². The van der Waals surface area contributed by atoms with Crippen molar-refractivity contribution in [2.45, 2.75) is 26.3 Å². The number of fused-ring (bicyclic) bond motifs is 2. The van der Waals surface area contributed by atoms with Gasteiger partial charge in [-0.2, -0.15) is 0 Å². The first-order valence-electron chi connectivity index (χ1n) is 10.0. The molecule has 28 heavy (non-hydrogen) atoms. The van der Waals surface area contributed by atoms with Crippen molar-refractivity contribution in [3.63, 3.8) is 0 Å². The maximum atomic E-state index is 4.87. The number of pyridine rings is 1. The Hall–Kier alpha value is -3.07. The highest BCUT2D eigenvalue weighted by atomic mass is 15.2. The summed E-state index contributed by atoms with van der Waals surface area (Å²) in [6.45, 7) is 4.18. The Morgan fingerprint density at radius 1 is 0.929 bits per heavy atom. The van der Waals surface area contributed by atoms with Gasteiger partial charge in [-0.25, -0.2) is 4.98 Å². The highest BCUT2D eigenvalue weighted by molar-refractivity contribution is 5.95. The van der Waals surface area contributed by atoms with Crippen LogP contribution >= 0.6 is 0 Å². The van der Waals surface area contributed by atoms with Crippen LogP contribution in [0.3, 0.4) is 0 Å². The van der Waals surface area contributed by atoms with E-state index in [1.54, 1.807) is 0 Å². The zero-order valence-electron chi connectivity index (χ0n) is 16.5. The zero-order valence-corrected chi connectivity index (χ0v) is 16.5. The molecule has 0 aliphatic carbocycles. The van der Waals surface area contributed by atoms with Crippen LogP contribution in [0.2, 0.25) is 0 Å². The zero-order chi connectivity index (χ0) is 19.1. The lowest BCUT2D eigenvalue weighted by atomic mass is 9.98. The van der Waals surface area contributed by atoms with E-state index in [1.807, 2.05) is 6.20 Å². The summed E-state index contributed by atoms with van der Waals surface area (Å²) in [4.78, 5) is 7.33. The lowest BCUT2D eigenvalue weighted by molar-refractivity contribution is 0.724. The van der Waals surface area contributed by atoms with E-state index in [1.165, 1.54) is 38.9 Å². The maximum Gasteiger partial charge on any atom is 0.138 e. The van der Waals surface area contributed by atoms with Crippen molar-refractivity contribution in [3.8, 4) is 0 Å². The third-order valence-corrected chi connectivity index (χ3v) is 6.17. The molecule has 0 spiro atoms. The number of hydrogen-bond acceptors (Lipinski definition) is 2. The molecule has 0 radical (unpaired) electrons. The molecule has 2 aromatic heterocycles. The summed E-state index contributed by atoms with van der Waals surface area (Å²) < 4.78 is 2.32. The second-order valence-electron chi connectivity index (χ2n) is 7.75. The number of aromatic nitrogens is 2. The van der Waals surface area contributed by atoms with Crippen molar-refractivity contribution < 1.29 is 0 Å².